The Hall–Kier alpha value is -2.89. The quantitative estimate of drug-likeness (QED) is 0.505. The van der Waals surface area contributed by atoms with E-state index in [4.69, 9.17) is 0 Å². The van der Waals surface area contributed by atoms with E-state index in [1.807, 2.05) is 13.0 Å². The van der Waals surface area contributed by atoms with Gasteiger partial charge < -0.3 is 9.47 Å². The number of para-hydroxylation sites is 1. The van der Waals surface area contributed by atoms with Crippen molar-refractivity contribution >= 4 is 18.0 Å². The summed E-state index contributed by atoms with van der Waals surface area (Å²) in [4.78, 5) is 25.8. The first kappa shape index (κ1) is 19.9. The van der Waals surface area contributed by atoms with Gasteiger partial charge in [0.2, 0.25) is 0 Å². The smallest absolute Gasteiger partial charge is 0.329 e. The number of carbonyl (C=O) groups excluding carboxylic acids is 2. The standard InChI is InChI=1S/C22H28N4O2/c1-15-9-8-10-16(2)20(15)26-17(3)13-19(18(26)4)14-23-24-21(27)22(28)25-11-6-5-7-12-25/h8-10,13-14H,5-7,11-12H2,1-4H3,(H,24,27). The van der Waals surface area contributed by atoms with E-state index >= 15 is 0 Å². The fourth-order valence-electron chi connectivity index (χ4n) is 3.87. The molecule has 2 aromatic rings. The maximum absolute atomic E-state index is 12.2. The van der Waals surface area contributed by atoms with Crippen LogP contribution in [0, 0.1) is 27.7 Å². The molecule has 0 bridgehead atoms. The minimum atomic E-state index is -0.679. The molecule has 0 unspecified atom stereocenters. The molecular formula is C22H28N4O2. The number of hydrogen-bond acceptors (Lipinski definition) is 3. The molecule has 1 N–H and O–H groups in total. The highest BCUT2D eigenvalue weighted by Gasteiger charge is 2.23. The van der Waals surface area contributed by atoms with E-state index in [0.29, 0.717) is 13.1 Å². The molecular weight excluding hydrogens is 352 g/mol. The zero-order chi connectivity index (χ0) is 20.3. The van der Waals surface area contributed by atoms with E-state index in [0.717, 1.165) is 36.2 Å². The first-order valence-corrected chi connectivity index (χ1v) is 9.78. The molecule has 1 aliphatic rings. The summed E-state index contributed by atoms with van der Waals surface area (Å²) in [6.07, 6.45) is 4.62. The Balaban J connectivity index is 1.75. The number of carbonyl (C=O) groups is 2. The van der Waals surface area contributed by atoms with Crippen molar-refractivity contribution in [3.63, 3.8) is 0 Å². The van der Waals surface area contributed by atoms with E-state index < -0.39 is 11.8 Å². The number of piperidine rings is 1. The van der Waals surface area contributed by atoms with Crippen molar-refractivity contribution in [3.8, 4) is 5.69 Å². The van der Waals surface area contributed by atoms with Gasteiger partial charge in [0.15, 0.2) is 0 Å². The average molecular weight is 380 g/mol. The van der Waals surface area contributed by atoms with Crippen molar-refractivity contribution < 1.29 is 9.59 Å². The Kier molecular flexibility index (Phi) is 5.97. The van der Waals surface area contributed by atoms with Gasteiger partial charge in [-0.05, 0) is 64.2 Å². The topological polar surface area (TPSA) is 66.7 Å². The molecule has 6 heteroatoms. The first-order valence-electron chi connectivity index (χ1n) is 9.78. The molecule has 6 nitrogen and oxygen atoms in total. The van der Waals surface area contributed by atoms with Gasteiger partial charge in [0.25, 0.3) is 0 Å². The highest BCUT2D eigenvalue weighted by Crippen LogP contribution is 2.25. The molecule has 148 valence electrons. The fraction of sp³-hybridized carbons (Fsp3) is 0.409. The van der Waals surface area contributed by atoms with Crippen molar-refractivity contribution in [1.82, 2.24) is 14.9 Å². The van der Waals surface area contributed by atoms with E-state index in [1.165, 1.54) is 16.8 Å². The Morgan fingerprint density at radius 3 is 2.32 bits per heavy atom. The van der Waals surface area contributed by atoms with E-state index in [-0.39, 0.29) is 0 Å². The fourth-order valence-corrected chi connectivity index (χ4v) is 3.87. The number of benzene rings is 1. The van der Waals surface area contributed by atoms with Crippen molar-refractivity contribution in [3.05, 3.63) is 52.3 Å². The van der Waals surface area contributed by atoms with Gasteiger partial charge in [-0.1, -0.05) is 18.2 Å². The minimum absolute atomic E-state index is 0.502. The van der Waals surface area contributed by atoms with Crippen LogP contribution in [0.25, 0.3) is 5.69 Å². The molecule has 2 heterocycles. The number of hydrazone groups is 1. The lowest BCUT2D eigenvalue weighted by molar-refractivity contribution is -0.146. The number of rotatable bonds is 3. The normalized spacial score (nSPS) is 14.5. The van der Waals surface area contributed by atoms with Crippen LogP contribution in [-0.4, -0.2) is 40.6 Å². The lowest BCUT2D eigenvalue weighted by Gasteiger charge is -2.25. The number of nitrogens with zero attached hydrogens (tertiary/aromatic N) is 3. The average Bonchev–Trinajstić information content (AvgIpc) is 2.96. The number of aryl methyl sites for hydroxylation is 3. The number of likely N-dealkylation sites (tertiary alicyclic amines) is 1. The summed E-state index contributed by atoms with van der Waals surface area (Å²) in [6, 6.07) is 8.28. The predicted octanol–water partition coefficient (Wildman–Crippen LogP) is 3.17. The molecule has 3 rings (SSSR count). The molecule has 28 heavy (non-hydrogen) atoms. The van der Waals surface area contributed by atoms with Gasteiger partial charge in [-0.25, -0.2) is 5.43 Å². The largest absolute Gasteiger partial charge is 0.334 e. The van der Waals surface area contributed by atoms with Crippen LogP contribution in [0.2, 0.25) is 0 Å². The van der Waals surface area contributed by atoms with E-state index in [1.54, 1.807) is 11.1 Å². The van der Waals surface area contributed by atoms with Crippen molar-refractivity contribution in [2.75, 3.05) is 13.1 Å². The Morgan fingerprint density at radius 1 is 1.04 bits per heavy atom. The summed E-state index contributed by atoms with van der Waals surface area (Å²) in [5.74, 6) is -1.18. The monoisotopic (exact) mass is 380 g/mol. The van der Waals surface area contributed by atoms with Crippen molar-refractivity contribution in [1.29, 1.82) is 0 Å². The lowest BCUT2D eigenvalue weighted by atomic mass is 10.1. The predicted molar refractivity (Wildman–Crippen MR) is 111 cm³/mol. The number of hydrogen-bond donors (Lipinski definition) is 1. The zero-order valence-electron chi connectivity index (χ0n) is 17.1. The van der Waals surface area contributed by atoms with Gasteiger partial charge in [-0.2, -0.15) is 5.10 Å². The molecule has 0 aliphatic carbocycles. The third-order valence-electron chi connectivity index (χ3n) is 5.34. The molecule has 0 atom stereocenters. The molecule has 1 aromatic heterocycles. The minimum Gasteiger partial charge on any atom is -0.334 e. The van der Waals surface area contributed by atoms with Crippen LogP contribution in [0.3, 0.4) is 0 Å². The molecule has 0 radical (unpaired) electrons. The molecule has 1 aliphatic heterocycles. The van der Waals surface area contributed by atoms with Crippen LogP contribution in [0.1, 0.15) is 47.3 Å². The van der Waals surface area contributed by atoms with Crippen LogP contribution in [0.15, 0.2) is 29.4 Å². The van der Waals surface area contributed by atoms with E-state index in [9.17, 15) is 9.59 Å². The second-order valence-electron chi connectivity index (χ2n) is 7.45. The summed E-state index contributed by atoms with van der Waals surface area (Å²) in [7, 11) is 0. The molecule has 1 aromatic carbocycles. The zero-order valence-corrected chi connectivity index (χ0v) is 17.1. The highest BCUT2D eigenvalue weighted by molar-refractivity contribution is 6.35. The van der Waals surface area contributed by atoms with Crippen LogP contribution >= 0.6 is 0 Å². The highest BCUT2D eigenvalue weighted by atomic mass is 16.2. The Morgan fingerprint density at radius 2 is 1.68 bits per heavy atom. The summed E-state index contributed by atoms with van der Waals surface area (Å²) in [5, 5.41) is 4.03. The first-order chi connectivity index (χ1) is 13.4. The molecule has 1 saturated heterocycles. The van der Waals surface area contributed by atoms with Crippen molar-refractivity contribution in [2.45, 2.75) is 47.0 Å². The van der Waals surface area contributed by atoms with Crippen LogP contribution in [0.5, 0.6) is 0 Å². The van der Waals surface area contributed by atoms with Crippen LogP contribution in [0.4, 0.5) is 0 Å². The van der Waals surface area contributed by atoms with Gasteiger partial charge in [0.05, 0.1) is 11.9 Å². The number of aromatic nitrogens is 1. The van der Waals surface area contributed by atoms with Gasteiger partial charge in [0.1, 0.15) is 0 Å². The lowest BCUT2D eigenvalue weighted by Crippen LogP contribution is -2.43. The molecule has 2 amide bonds. The molecule has 1 fully saturated rings. The number of amides is 2. The van der Waals surface area contributed by atoms with Gasteiger partial charge in [-0.15, -0.1) is 0 Å². The molecule has 0 spiro atoms. The van der Waals surface area contributed by atoms with Gasteiger partial charge in [0, 0.05) is 30.0 Å². The summed E-state index contributed by atoms with van der Waals surface area (Å²) in [5.41, 5.74) is 8.98. The summed E-state index contributed by atoms with van der Waals surface area (Å²) in [6.45, 7) is 9.57. The summed E-state index contributed by atoms with van der Waals surface area (Å²) >= 11 is 0. The maximum atomic E-state index is 12.2. The second kappa shape index (κ2) is 8.42. The second-order valence-corrected chi connectivity index (χ2v) is 7.45. The third kappa shape index (κ3) is 4.01. The SMILES string of the molecule is Cc1cccc(C)c1-n1c(C)cc(C=NNC(=O)C(=O)N2CCCCC2)c1C. The van der Waals surface area contributed by atoms with Crippen molar-refractivity contribution in [2.24, 2.45) is 5.10 Å². The summed E-state index contributed by atoms with van der Waals surface area (Å²) < 4.78 is 2.20. The van der Waals surface area contributed by atoms with E-state index in [2.05, 4.69) is 54.1 Å². The Bertz CT molecular complexity index is 901. The van der Waals surface area contributed by atoms with Crippen LogP contribution < -0.4 is 5.43 Å². The maximum Gasteiger partial charge on any atom is 0.329 e. The van der Waals surface area contributed by atoms with Gasteiger partial charge in [-0.3, -0.25) is 9.59 Å². The number of nitrogens with one attached hydrogen (secondary N) is 1. The Labute approximate surface area is 166 Å². The third-order valence-corrected chi connectivity index (χ3v) is 5.34. The van der Waals surface area contributed by atoms with Crippen LogP contribution in [-0.2, 0) is 9.59 Å². The van der Waals surface area contributed by atoms with Gasteiger partial charge >= 0.3 is 11.8 Å². The molecule has 0 saturated carbocycles.